The van der Waals surface area contributed by atoms with Crippen molar-refractivity contribution in [1.29, 1.82) is 0 Å². The lowest BCUT2D eigenvalue weighted by molar-refractivity contribution is -0.148. The molecule has 0 saturated carbocycles. The van der Waals surface area contributed by atoms with Crippen LogP contribution < -0.4 is 5.73 Å². The number of carbonyl (C=O) groups is 3. The summed E-state index contributed by atoms with van der Waals surface area (Å²) in [5.41, 5.74) is 7.27. The van der Waals surface area contributed by atoms with Gasteiger partial charge in [0.1, 0.15) is 12.1 Å². The second-order valence-electron chi connectivity index (χ2n) is 8.81. The molecule has 0 aromatic heterocycles. The molecule has 34 heavy (non-hydrogen) atoms. The molecule has 0 unspecified atom stereocenters. The van der Waals surface area contributed by atoms with E-state index in [9.17, 15) is 24.1 Å². The van der Waals surface area contributed by atoms with Gasteiger partial charge < -0.3 is 15.7 Å². The first kappa shape index (κ1) is 25.7. The number of hydrogen-bond donors (Lipinski definition) is 2. The van der Waals surface area contributed by atoms with Crippen molar-refractivity contribution < 1.29 is 24.1 Å². The summed E-state index contributed by atoms with van der Waals surface area (Å²) in [6.07, 6.45) is 1.02. The summed E-state index contributed by atoms with van der Waals surface area (Å²) in [6, 6.07) is 15.2. The molecule has 3 atom stereocenters. The zero-order chi connectivity index (χ0) is 24.9. The van der Waals surface area contributed by atoms with E-state index in [1.807, 2.05) is 60.7 Å². The van der Waals surface area contributed by atoms with Crippen LogP contribution in [0.1, 0.15) is 37.8 Å². The predicted octanol–water partition coefficient (Wildman–Crippen LogP) is 3.30. The third-order valence-electron chi connectivity index (χ3n) is 6.10. The van der Waals surface area contributed by atoms with Crippen molar-refractivity contribution in [3.05, 3.63) is 71.8 Å². The fourth-order valence-corrected chi connectivity index (χ4v) is 7.64. The highest BCUT2D eigenvalue weighted by molar-refractivity contribution is 7.60. The summed E-state index contributed by atoms with van der Waals surface area (Å²) < 4.78 is 15.8. The van der Waals surface area contributed by atoms with Crippen LogP contribution in [0.15, 0.2) is 60.7 Å². The van der Waals surface area contributed by atoms with Crippen LogP contribution in [0.2, 0.25) is 0 Å². The fourth-order valence-electron chi connectivity index (χ4n) is 4.44. The highest BCUT2D eigenvalue weighted by atomic mass is 31.2. The molecule has 2 aromatic rings. The minimum absolute atomic E-state index is 0.0278. The number of rotatable bonds is 9. The Kier molecular flexibility index (Phi) is 8.28. The Bertz CT molecular complexity index is 1020. The van der Waals surface area contributed by atoms with Gasteiger partial charge in [-0.05, 0) is 37.8 Å². The smallest absolute Gasteiger partial charge is 0.326 e. The van der Waals surface area contributed by atoms with Gasteiger partial charge in [-0.15, -0.1) is 0 Å². The average Bonchev–Trinajstić information content (AvgIpc) is 3.29. The van der Waals surface area contributed by atoms with Crippen molar-refractivity contribution in [3.63, 3.8) is 0 Å². The normalized spacial score (nSPS) is 17.7. The Morgan fingerprint density at radius 1 is 1.03 bits per heavy atom. The molecule has 0 bridgehead atoms. The molecule has 1 fully saturated rings. The molecule has 1 aliphatic heterocycles. The van der Waals surface area contributed by atoms with Crippen LogP contribution in [0, 0.1) is 0 Å². The Balaban J connectivity index is 2.07. The highest BCUT2D eigenvalue weighted by Gasteiger charge is 2.46. The minimum Gasteiger partial charge on any atom is -0.480 e. The monoisotopic (exact) mass is 485 g/mol. The topological polar surface area (TPSA) is 121 Å². The van der Waals surface area contributed by atoms with Crippen molar-refractivity contribution in [1.82, 2.24) is 9.57 Å². The SMILES string of the molecule is C[C@H](N)C(=O)N1CCC[C@H]1C(=O)N([C@@H](C)C(=O)O)P(=O)(Cc1ccccc1)Cc1ccccc1. The Morgan fingerprint density at radius 2 is 1.53 bits per heavy atom. The van der Waals surface area contributed by atoms with E-state index in [1.165, 1.54) is 11.8 Å². The molecule has 2 amide bonds. The number of nitrogens with zero attached hydrogens (tertiary/aromatic N) is 2. The fraction of sp³-hybridized carbons (Fsp3) is 0.400. The number of amides is 2. The molecule has 1 heterocycles. The maximum Gasteiger partial charge on any atom is 0.326 e. The van der Waals surface area contributed by atoms with Crippen LogP contribution in [0.3, 0.4) is 0 Å². The van der Waals surface area contributed by atoms with E-state index in [4.69, 9.17) is 5.73 Å². The molecule has 2 aromatic carbocycles. The summed E-state index contributed by atoms with van der Waals surface area (Å²) in [4.78, 5) is 40.1. The van der Waals surface area contributed by atoms with E-state index in [1.54, 1.807) is 6.92 Å². The molecule has 0 aliphatic carbocycles. The standard InChI is InChI=1S/C25H32N3O5P/c1-18(26)23(29)27-15-9-14-22(27)24(30)28(19(2)25(31)32)34(33,16-20-10-5-3-6-11-20)17-21-12-7-4-8-13-21/h3-8,10-13,18-19,22H,9,14-17,26H2,1-2H3,(H,31,32)/t18-,19-,22-/m0/s1. The van der Waals surface area contributed by atoms with Gasteiger partial charge >= 0.3 is 5.97 Å². The molecule has 3 N–H and O–H groups in total. The molecule has 0 radical (unpaired) electrons. The molecule has 9 heteroatoms. The lowest BCUT2D eigenvalue weighted by atomic mass is 10.1. The van der Waals surface area contributed by atoms with Crippen LogP contribution in [0.5, 0.6) is 0 Å². The number of nitrogens with two attached hydrogens (primary N) is 1. The molecule has 0 spiro atoms. The second-order valence-corrected chi connectivity index (χ2v) is 11.6. The number of aliphatic carboxylic acids is 1. The van der Waals surface area contributed by atoms with E-state index >= 15 is 0 Å². The van der Waals surface area contributed by atoms with Gasteiger partial charge in [0, 0.05) is 18.9 Å². The quantitative estimate of drug-likeness (QED) is 0.526. The summed E-state index contributed by atoms with van der Waals surface area (Å²) in [7, 11) is -3.64. The number of carbonyl (C=O) groups excluding carboxylic acids is 2. The van der Waals surface area contributed by atoms with Gasteiger partial charge in [0.25, 0.3) is 5.91 Å². The van der Waals surface area contributed by atoms with Gasteiger partial charge in [-0.3, -0.25) is 18.8 Å². The van der Waals surface area contributed by atoms with Crippen LogP contribution in [0.4, 0.5) is 0 Å². The van der Waals surface area contributed by atoms with E-state index in [-0.39, 0.29) is 18.2 Å². The third kappa shape index (κ3) is 5.75. The third-order valence-corrected chi connectivity index (χ3v) is 9.15. The number of hydrogen-bond acceptors (Lipinski definition) is 5. The van der Waals surface area contributed by atoms with Crippen LogP contribution in [-0.4, -0.2) is 57.1 Å². The molecular weight excluding hydrogens is 453 g/mol. The Morgan fingerprint density at radius 3 is 1.97 bits per heavy atom. The average molecular weight is 486 g/mol. The van der Waals surface area contributed by atoms with Crippen LogP contribution in [0.25, 0.3) is 0 Å². The number of carboxylic acids is 1. The lowest BCUT2D eigenvalue weighted by Gasteiger charge is -2.38. The summed E-state index contributed by atoms with van der Waals surface area (Å²) in [5, 5.41) is 9.89. The van der Waals surface area contributed by atoms with E-state index in [0.29, 0.717) is 19.4 Å². The predicted molar refractivity (Wildman–Crippen MR) is 130 cm³/mol. The van der Waals surface area contributed by atoms with Crippen molar-refractivity contribution in [2.45, 2.75) is 57.1 Å². The maximum atomic E-state index is 14.7. The van der Waals surface area contributed by atoms with Crippen molar-refractivity contribution in [2.75, 3.05) is 6.54 Å². The zero-order valence-electron chi connectivity index (χ0n) is 19.5. The molecule has 1 aliphatic rings. The summed E-state index contributed by atoms with van der Waals surface area (Å²) >= 11 is 0. The lowest BCUT2D eigenvalue weighted by Crippen LogP contribution is -2.53. The maximum absolute atomic E-state index is 14.7. The first-order chi connectivity index (χ1) is 16.1. The molecule has 1 saturated heterocycles. The van der Waals surface area contributed by atoms with Crippen molar-refractivity contribution >= 4 is 25.1 Å². The molecule has 8 nitrogen and oxygen atoms in total. The van der Waals surface area contributed by atoms with E-state index in [0.717, 1.165) is 15.8 Å². The minimum atomic E-state index is -3.64. The van der Waals surface area contributed by atoms with Crippen molar-refractivity contribution in [2.24, 2.45) is 5.73 Å². The zero-order valence-corrected chi connectivity index (χ0v) is 20.4. The summed E-state index contributed by atoms with van der Waals surface area (Å²) in [5.74, 6) is -2.23. The van der Waals surface area contributed by atoms with Gasteiger partial charge in [-0.2, -0.15) is 0 Å². The van der Waals surface area contributed by atoms with Crippen LogP contribution in [-0.2, 0) is 31.3 Å². The largest absolute Gasteiger partial charge is 0.480 e. The van der Waals surface area contributed by atoms with E-state index < -0.39 is 37.3 Å². The molecule has 182 valence electrons. The Labute approximate surface area is 200 Å². The number of likely N-dealkylation sites (tertiary alicyclic amines) is 1. The van der Waals surface area contributed by atoms with Crippen LogP contribution >= 0.6 is 7.29 Å². The van der Waals surface area contributed by atoms with Gasteiger partial charge in [0.15, 0.2) is 7.29 Å². The first-order valence-corrected chi connectivity index (χ1v) is 13.5. The van der Waals surface area contributed by atoms with Gasteiger partial charge in [0.2, 0.25) is 5.91 Å². The molecular formula is C25H32N3O5P. The number of carboxylic acid groups (broad SMARTS) is 1. The van der Waals surface area contributed by atoms with Gasteiger partial charge in [-0.1, -0.05) is 60.7 Å². The molecule has 3 rings (SSSR count). The van der Waals surface area contributed by atoms with Gasteiger partial charge in [0.05, 0.1) is 6.04 Å². The van der Waals surface area contributed by atoms with Crippen molar-refractivity contribution in [3.8, 4) is 0 Å². The second kappa shape index (κ2) is 11.0. The Hall–Kier alpha value is -2.96. The van der Waals surface area contributed by atoms with Gasteiger partial charge in [-0.25, -0.2) is 4.79 Å². The first-order valence-electron chi connectivity index (χ1n) is 11.4. The number of benzene rings is 2. The van der Waals surface area contributed by atoms with E-state index in [2.05, 4.69) is 0 Å². The highest BCUT2D eigenvalue weighted by Crippen LogP contribution is 2.57. The summed E-state index contributed by atoms with van der Waals surface area (Å²) in [6.45, 7) is 3.28.